The predicted molar refractivity (Wildman–Crippen MR) is 91.3 cm³/mol. The Bertz CT molecular complexity index is 802. The normalized spacial score (nSPS) is 16.4. The molecule has 27 heavy (non-hydrogen) atoms. The number of nitrogens with zero attached hydrogens (tertiary/aromatic N) is 2. The topological polar surface area (TPSA) is 128 Å². The number of rotatable bonds is 8. The number of nitro benzene ring substituents is 1. The van der Waals surface area contributed by atoms with Crippen molar-refractivity contribution >= 4 is 17.6 Å². The van der Waals surface area contributed by atoms with E-state index < -0.39 is 29.3 Å². The Hall–Kier alpha value is -3.24. The first-order valence-corrected chi connectivity index (χ1v) is 7.76. The summed E-state index contributed by atoms with van der Waals surface area (Å²) in [7, 11) is 2.46. The van der Waals surface area contributed by atoms with E-state index in [2.05, 4.69) is 4.89 Å². The number of benzene rings is 1. The average Bonchev–Trinajstić information content (AvgIpc) is 2.64. The van der Waals surface area contributed by atoms with Crippen LogP contribution >= 0.6 is 0 Å². The van der Waals surface area contributed by atoms with Crippen LogP contribution in [0.5, 0.6) is 0 Å². The smallest absolute Gasteiger partial charge is 0.336 e. The molecule has 1 aromatic carbocycles. The van der Waals surface area contributed by atoms with Gasteiger partial charge in [-0.25, -0.2) is 14.6 Å². The fourth-order valence-corrected chi connectivity index (χ4v) is 2.83. The summed E-state index contributed by atoms with van der Waals surface area (Å²) < 4.78 is 4.80. The van der Waals surface area contributed by atoms with Crippen LogP contribution in [-0.2, 0) is 24.1 Å². The van der Waals surface area contributed by atoms with Gasteiger partial charge in [-0.2, -0.15) is 0 Å². The molecule has 1 heterocycles. The van der Waals surface area contributed by atoms with Gasteiger partial charge in [0.25, 0.3) is 5.69 Å². The number of aliphatic carboxylic acids is 1. The Kier molecular flexibility index (Phi) is 6.63. The zero-order valence-corrected chi connectivity index (χ0v) is 14.7. The summed E-state index contributed by atoms with van der Waals surface area (Å²) in [6, 6.07) is 5.96. The zero-order chi connectivity index (χ0) is 20.0. The highest BCUT2D eigenvalue weighted by molar-refractivity contribution is 5.92. The minimum absolute atomic E-state index is 0.0465. The van der Waals surface area contributed by atoms with Crippen molar-refractivity contribution in [3.63, 3.8) is 0 Å². The highest BCUT2D eigenvalue weighted by atomic mass is 17.2. The lowest BCUT2D eigenvalue weighted by atomic mass is 9.83. The average molecular weight is 378 g/mol. The van der Waals surface area contributed by atoms with Crippen molar-refractivity contribution in [1.29, 1.82) is 0 Å². The van der Waals surface area contributed by atoms with Crippen molar-refractivity contribution < 1.29 is 34.1 Å². The molecule has 144 valence electrons. The fraction of sp³-hybridized carbons (Fsp3) is 0.294. The Morgan fingerprint density at radius 1 is 1.26 bits per heavy atom. The molecule has 0 amide bonds. The maximum absolute atomic E-state index is 12.3. The number of hydrogen-bond donors (Lipinski definition) is 1. The number of nitro groups is 1. The number of carbonyl (C=O) groups is 2. The molecule has 2 rings (SSSR count). The maximum atomic E-state index is 12.3. The maximum Gasteiger partial charge on any atom is 0.336 e. The number of para-hydroxylation sites is 1. The van der Waals surface area contributed by atoms with E-state index in [1.54, 1.807) is 6.07 Å². The molecule has 10 heteroatoms. The molecule has 0 bridgehead atoms. The standard InChI is InChI=1S/C17H18N2O8/c1-25-17(22)13-8-18(9-15(20)21)7-11(10-27-26-2)16(13)12-5-3-4-6-14(12)19(23)24/h3-8,16H,9-10H2,1-2H3,(H,20,21). The van der Waals surface area contributed by atoms with Gasteiger partial charge in [0, 0.05) is 29.9 Å². The Labute approximate surface area is 154 Å². The number of methoxy groups -OCH3 is 1. The summed E-state index contributed by atoms with van der Waals surface area (Å²) >= 11 is 0. The van der Waals surface area contributed by atoms with Gasteiger partial charge in [0.2, 0.25) is 0 Å². The number of esters is 1. The van der Waals surface area contributed by atoms with Crippen molar-refractivity contribution in [1.82, 2.24) is 4.90 Å². The number of carboxylic acid groups (broad SMARTS) is 1. The molecule has 0 fully saturated rings. The first-order valence-electron chi connectivity index (χ1n) is 7.76. The van der Waals surface area contributed by atoms with Crippen LogP contribution in [-0.4, -0.2) is 54.2 Å². The Morgan fingerprint density at radius 2 is 1.96 bits per heavy atom. The third kappa shape index (κ3) is 4.68. The van der Waals surface area contributed by atoms with E-state index in [0.29, 0.717) is 5.57 Å². The van der Waals surface area contributed by atoms with Crippen LogP contribution < -0.4 is 0 Å². The van der Waals surface area contributed by atoms with Crippen molar-refractivity contribution in [3.05, 3.63) is 63.5 Å². The number of carboxylic acids is 1. The van der Waals surface area contributed by atoms with Crippen molar-refractivity contribution in [3.8, 4) is 0 Å². The second-order valence-electron chi connectivity index (χ2n) is 5.52. The van der Waals surface area contributed by atoms with Crippen LogP contribution in [0.2, 0.25) is 0 Å². The summed E-state index contributed by atoms with van der Waals surface area (Å²) in [5.74, 6) is -2.72. The Balaban J connectivity index is 2.61. The van der Waals surface area contributed by atoms with Gasteiger partial charge in [0.05, 0.1) is 24.7 Å². The molecule has 1 aliphatic heterocycles. The first kappa shape index (κ1) is 20.1. The van der Waals surface area contributed by atoms with Crippen molar-refractivity contribution in [2.45, 2.75) is 5.92 Å². The minimum Gasteiger partial charge on any atom is -0.480 e. The van der Waals surface area contributed by atoms with E-state index in [9.17, 15) is 19.7 Å². The lowest BCUT2D eigenvalue weighted by Gasteiger charge is -2.30. The molecule has 10 nitrogen and oxygen atoms in total. The molecule has 0 aliphatic carbocycles. The van der Waals surface area contributed by atoms with Gasteiger partial charge in [-0.3, -0.25) is 14.9 Å². The van der Waals surface area contributed by atoms with E-state index in [1.165, 1.54) is 49.7 Å². The lowest BCUT2D eigenvalue weighted by molar-refractivity contribution is -0.385. The van der Waals surface area contributed by atoms with Crippen LogP contribution in [0.3, 0.4) is 0 Å². The molecule has 1 N–H and O–H groups in total. The molecule has 1 aliphatic rings. The quantitative estimate of drug-likeness (QED) is 0.310. The monoisotopic (exact) mass is 378 g/mol. The van der Waals surface area contributed by atoms with Gasteiger partial charge in [0.15, 0.2) is 0 Å². The molecule has 1 unspecified atom stereocenters. The predicted octanol–water partition coefficient (Wildman–Crippen LogP) is 1.60. The van der Waals surface area contributed by atoms with Gasteiger partial charge < -0.3 is 14.7 Å². The summed E-state index contributed by atoms with van der Waals surface area (Å²) in [6.45, 7) is -0.557. The number of carbonyl (C=O) groups excluding carboxylic acids is 1. The molecule has 0 radical (unpaired) electrons. The Morgan fingerprint density at radius 3 is 2.56 bits per heavy atom. The van der Waals surface area contributed by atoms with Gasteiger partial charge >= 0.3 is 11.9 Å². The fourth-order valence-electron chi connectivity index (χ4n) is 2.83. The van der Waals surface area contributed by atoms with E-state index in [4.69, 9.17) is 14.7 Å². The number of ether oxygens (including phenoxy) is 1. The molecule has 0 saturated heterocycles. The largest absolute Gasteiger partial charge is 0.480 e. The molecular formula is C17H18N2O8. The zero-order valence-electron chi connectivity index (χ0n) is 14.7. The van der Waals surface area contributed by atoms with Crippen LogP contribution in [0, 0.1) is 10.1 Å². The molecule has 1 atom stereocenters. The highest BCUT2D eigenvalue weighted by Crippen LogP contribution is 2.40. The molecule has 0 saturated carbocycles. The van der Waals surface area contributed by atoms with Gasteiger partial charge in [-0.05, 0) is 5.57 Å². The highest BCUT2D eigenvalue weighted by Gasteiger charge is 2.35. The van der Waals surface area contributed by atoms with Crippen LogP contribution in [0.1, 0.15) is 11.5 Å². The third-order valence-corrected chi connectivity index (χ3v) is 3.85. The minimum atomic E-state index is -1.12. The van der Waals surface area contributed by atoms with Crippen LogP contribution in [0.15, 0.2) is 47.8 Å². The van der Waals surface area contributed by atoms with Gasteiger partial charge in [0.1, 0.15) is 13.2 Å². The van der Waals surface area contributed by atoms with E-state index in [1.807, 2.05) is 0 Å². The van der Waals surface area contributed by atoms with Crippen molar-refractivity contribution in [2.75, 3.05) is 27.4 Å². The van der Waals surface area contributed by atoms with E-state index >= 15 is 0 Å². The van der Waals surface area contributed by atoms with Crippen LogP contribution in [0.25, 0.3) is 0 Å². The number of hydrogen-bond acceptors (Lipinski definition) is 8. The van der Waals surface area contributed by atoms with Crippen LogP contribution in [0.4, 0.5) is 5.69 Å². The van der Waals surface area contributed by atoms with Crippen molar-refractivity contribution in [2.24, 2.45) is 0 Å². The summed E-state index contributed by atoms with van der Waals surface area (Å²) in [4.78, 5) is 45.1. The van der Waals surface area contributed by atoms with Gasteiger partial charge in [-0.15, -0.1) is 0 Å². The lowest BCUT2D eigenvalue weighted by Crippen LogP contribution is -2.30. The SMILES string of the molecule is COOCC1=CN(CC(=O)O)C=C(C(=O)OC)C1c1ccccc1[N+](=O)[O-]. The molecule has 0 aromatic heterocycles. The van der Waals surface area contributed by atoms with E-state index in [-0.39, 0.29) is 23.4 Å². The second kappa shape index (κ2) is 8.92. The molecule has 0 spiro atoms. The first-order chi connectivity index (χ1) is 12.9. The third-order valence-electron chi connectivity index (χ3n) is 3.85. The van der Waals surface area contributed by atoms with E-state index in [0.717, 1.165) is 0 Å². The molecular weight excluding hydrogens is 360 g/mol. The second-order valence-corrected chi connectivity index (χ2v) is 5.52. The van der Waals surface area contributed by atoms with Gasteiger partial charge in [-0.1, -0.05) is 18.2 Å². The summed E-state index contributed by atoms with van der Waals surface area (Å²) in [5.41, 5.74) is 0.507. The molecule has 1 aromatic rings. The summed E-state index contributed by atoms with van der Waals surface area (Å²) in [6.07, 6.45) is 2.76. The summed E-state index contributed by atoms with van der Waals surface area (Å²) in [5, 5.41) is 20.5.